The second-order valence-corrected chi connectivity index (χ2v) is 3.58. The van der Waals surface area contributed by atoms with Crippen LogP contribution in [0.1, 0.15) is 17.3 Å². The molecule has 5 nitrogen and oxygen atoms in total. The number of halogens is 2. The third-order valence-corrected chi connectivity index (χ3v) is 2.19. The summed E-state index contributed by atoms with van der Waals surface area (Å²) in [7, 11) is 0. The number of hydrogen-bond acceptors (Lipinski definition) is 5. The Bertz CT molecular complexity index is 528. The summed E-state index contributed by atoms with van der Waals surface area (Å²) < 4.78 is 28.8. The molecule has 2 heterocycles. The predicted octanol–water partition coefficient (Wildman–Crippen LogP) is 1.43. The van der Waals surface area contributed by atoms with Gasteiger partial charge in [-0.05, 0) is 17.7 Å². The van der Waals surface area contributed by atoms with Crippen molar-refractivity contribution < 1.29 is 18.1 Å². The van der Waals surface area contributed by atoms with Crippen molar-refractivity contribution in [2.24, 2.45) is 0 Å². The van der Waals surface area contributed by atoms with Crippen LogP contribution in [0.15, 0.2) is 29.0 Å². The highest BCUT2D eigenvalue weighted by atomic mass is 19.3. The van der Waals surface area contributed by atoms with Crippen molar-refractivity contribution in [2.75, 3.05) is 0 Å². The first-order valence-electron chi connectivity index (χ1n) is 5.16. The Labute approximate surface area is 101 Å². The molecule has 7 heteroatoms. The molecule has 0 fully saturated rings. The quantitative estimate of drug-likeness (QED) is 0.806. The highest BCUT2D eigenvalue weighted by molar-refractivity contribution is 5.82. The third kappa shape index (κ3) is 3.16. The van der Waals surface area contributed by atoms with Gasteiger partial charge in [-0.3, -0.25) is 9.78 Å². The van der Waals surface area contributed by atoms with E-state index in [9.17, 15) is 13.6 Å². The van der Waals surface area contributed by atoms with Gasteiger partial charge in [-0.1, -0.05) is 5.16 Å². The number of rotatable bonds is 5. The van der Waals surface area contributed by atoms with Gasteiger partial charge < -0.3 is 4.52 Å². The highest BCUT2D eigenvalue weighted by Gasteiger charge is 2.19. The Balaban J connectivity index is 2.00. The summed E-state index contributed by atoms with van der Waals surface area (Å²) in [6, 6.07) is 3.56. The molecular formula is C11H9F2N3O2. The number of Topliss-reactive ketones (excluding diaryl/α,β-unsaturated/α-hetero) is 1. The minimum Gasteiger partial charge on any atom is -0.339 e. The summed E-state index contributed by atoms with van der Waals surface area (Å²) in [5.74, 6) is -0.975. The molecule has 0 saturated carbocycles. The van der Waals surface area contributed by atoms with E-state index in [0.29, 0.717) is 12.2 Å². The maximum atomic E-state index is 12.0. The first kappa shape index (κ1) is 12.3. The highest BCUT2D eigenvalue weighted by Crippen LogP contribution is 2.07. The first-order chi connectivity index (χ1) is 8.65. The summed E-state index contributed by atoms with van der Waals surface area (Å²) >= 11 is 0. The van der Waals surface area contributed by atoms with Crippen LogP contribution in [0.5, 0.6) is 0 Å². The predicted molar refractivity (Wildman–Crippen MR) is 56.1 cm³/mol. The Morgan fingerprint density at radius 1 is 1.33 bits per heavy atom. The fourth-order valence-corrected chi connectivity index (χ4v) is 1.34. The van der Waals surface area contributed by atoms with E-state index in [-0.39, 0.29) is 5.89 Å². The minimum atomic E-state index is -3.01. The second kappa shape index (κ2) is 5.44. The van der Waals surface area contributed by atoms with Gasteiger partial charge in [-0.15, -0.1) is 0 Å². The molecular weight excluding hydrogens is 244 g/mol. The summed E-state index contributed by atoms with van der Waals surface area (Å²) in [4.78, 5) is 18.5. The molecule has 0 N–H and O–H groups in total. The smallest absolute Gasteiger partial charge is 0.296 e. The van der Waals surface area contributed by atoms with Crippen molar-refractivity contribution in [1.29, 1.82) is 0 Å². The van der Waals surface area contributed by atoms with Crippen LogP contribution >= 0.6 is 0 Å². The van der Waals surface area contributed by atoms with Crippen molar-refractivity contribution in [3.05, 3.63) is 41.8 Å². The van der Waals surface area contributed by atoms with E-state index >= 15 is 0 Å². The number of aromatic nitrogens is 3. The lowest BCUT2D eigenvalue weighted by Crippen LogP contribution is -2.13. The van der Waals surface area contributed by atoms with Gasteiger partial charge in [0.15, 0.2) is 5.82 Å². The van der Waals surface area contributed by atoms with Gasteiger partial charge in [0.25, 0.3) is 6.43 Å². The summed E-state index contributed by atoms with van der Waals surface area (Å²) in [6.07, 6.45) is 0.0870. The average Bonchev–Trinajstić information content (AvgIpc) is 2.77. The molecule has 18 heavy (non-hydrogen) atoms. The minimum absolute atomic E-state index is 0.0932. The molecule has 2 aromatic rings. The van der Waals surface area contributed by atoms with Crippen LogP contribution in [0.3, 0.4) is 0 Å². The lowest BCUT2D eigenvalue weighted by molar-refractivity contribution is -0.129. The molecule has 0 spiro atoms. The molecule has 0 aliphatic heterocycles. The number of carbonyl (C=O) groups is 1. The largest absolute Gasteiger partial charge is 0.339 e. The van der Waals surface area contributed by atoms with Crippen LogP contribution in [0.4, 0.5) is 8.78 Å². The van der Waals surface area contributed by atoms with Crippen molar-refractivity contribution in [3.8, 4) is 0 Å². The summed E-state index contributed by atoms with van der Waals surface area (Å²) in [5, 5.41) is 3.62. The fourth-order valence-electron chi connectivity index (χ4n) is 1.34. The van der Waals surface area contributed by atoms with Crippen LogP contribution in [0, 0.1) is 0 Å². The number of nitrogens with zero attached hydrogens (tertiary/aromatic N) is 3. The molecule has 0 saturated heterocycles. The Morgan fingerprint density at radius 2 is 2.06 bits per heavy atom. The van der Waals surface area contributed by atoms with Crippen LogP contribution < -0.4 is 0 Å². The van der Waals surface area contributed by atoms with Gasteiger partial charge in [0.2, 0.25) is 11.7 Å². The van der Waals surface area contributed by atoms with E-state index < -0.39 is 18.6 Å². The Kier molecular flexibility index (Phi) is 3.71. The average molecular weight is 253 g/mol. The lowest BCUT2D eigenvalue weighted by Gasteiger charge is -1.94. The van der Waals surface area contributed by atoms with E-state index in [1.165, 1.54) is 0 Å². The van der Waals surface area contributed by atoms with Gasteiger partial charge in [0.1, 0.15) is 0 Å². The number of pyridine rings is 1. The topological polar surface area (TPSA) is 68.9 Å². The van der Waals surface area contributed by atoms with E-state index in [4.69, 9.17) is 4.52 Å². The van der Waals surface area contributed by atoms with Gasteiger partial charge in [0.05, 0.1) is 6.42 Å². The van der Waals surface area contributed by atoms with Gasteiger partial charge in [-0.25, -0.2) is 8.78 Å². The van der Waals surface area contributed by atoms with Gasteiger partial charge >= 0.3 is 0 Å². The normalized spacial score (nSPS) is 10.8. The van der Waals surface area contributed by atoms with E-state index in [0.717, 1.165) is 5.56 Å². The van der Waals surface area contributed by atoms with Crippen LogP contribution in [-0.4, -0.2) is 27.3 Å². The number of hydrogen-bond donors (Lipinski definition) is 0. The summed E-state index contributed by atoms with van der Waals surface area (Å²) in [5.41, 5.74) is 0.914. The summed E-state index contributed by atoms with van der Waals surface area (Å²) in [6.45, 7) is 0. The standard InChI is InChI=1S/C11H9F2N3O2/c12-11(13)8(17)6-10-15-9(16-18-10)5-7-1-3-14-4-2-7/h1-4,11H,5-6H2. The van der Waals surface area contributed by atoms with Crippen molar-refractivity contribution in [2.45, 2.75) is 19.3 Å². The third-order valence-electron chi connectivity index (χ3n) is 2.19. The lowest BCUT2D eigenvalue weighted by atomic mass is 10.2. The number of ketones is 1. The van der Waals surface area contributed by atoms with Crippen LogP contribution in [-0.2, 0) is 17.6 Å². The molecule has 0 aliphatic carbocycles. The van der Waals surface area contributed by atoms with Crippen molar-refractivity contribution >= 4 is 5.78 Å². The Hall–Kier alpha value is -2.18. The zero-order valence-corrected chi connectivity index (χ0v) is 9.22. The maximum absolute atomic E-state index is 12.0. The number of carbonyl (C=O) groups excluding carboxylic acids is 1. The molecule has 0 bridgehead atoms. The molecule has 0 amide bonds. The SMILES string of the molecule is O=C(Cc1nc(Cc2ccncc2)no1)C(F)F. The molecule has 0 radical (unpaired) electrons. The molecule has 0 aliphatic rings. The van der Waals surface area contributed by atoms with E-state index in [1.807, 2.05) is 0 Å². The molecule has 2 rings (SSSR count). The number of alkyl halides is 2. The van der Waals surface area contributed by atoms with Crippen LogP contribution in [0.25, 0.3) is 0 Å². The maximum Gasteiger partial charge on any atom is 0.296 e. The molecule has 0 unspecified atom stereocenters. The van der Waals surface area contributed by atoms with Crippen LogP contribution in [0.2, 0.25) is 0 Å². The molecule has 0 aromatic carbocycles. The van der Waals surface area contributed by atoms with E-state index in [1.54, 1.807) is 24.5 Å². The zero-order chi connectivity index (χ0) is 13.0. The zero-order valence-electron chi connectivity index (χ0n) is 9.22. The van der Waals surface area contributed by atoms with Crippen molar-refractivity contribution in [1.82, 2.24) is 15.1 Å². The monoisotopic (exact) mass is 253 g/mol. The Morgan fingerprint density at radius 3 is 2.72 bits per heavy atom. The first-order valence-corrected chi connectivity index (χ1v) is 5.16. The fraction of sp³-hybridized carbons (Fsp3) is 0.273. The van der Waals surface area contributed by atoms with E-state index in [2.05, 4.69) is 15.1 Å². The van der Waals surface area contributed by atoms with Gasteiger partial charge in [-0.2, -0.15) is 4.98 Å². The van der Waals surface area contributed by atoms with Crippen molar-refractivity contribution in [3.63, 3.8) is 0 Å². The molecule has 0 atom stereocenters. The second-order valence-electron chi connectivity index (χ2n) is 3.58. The van der Waals surface area contributed by atoms with Gasteiger partial charge in [0, 0.05) is 18.8 Å². The molecule has 94 valence electrons. The molecule has 2 aromatic heterocycles.